The molecule has 1 saturated heterocycles. The van der Waals surface area contributed by atoms with E-state index < -0.39 is 0 Å². The zero-order valence-electron chi connectivity index (χ0n) is 17.9. The van der Waals surface area contributed by atoms with E-state index in [1.807, 2.05) is 29.2 Å². The first-order chi connectivity index (χ1) is 14.7. The van der Waals surface area contributed by atoms with E-state index in [-0.39, 0.29) is 5.91 Å². The fraction of sp³-hybridized carbons (Fsp3) is 0.480. The lowest BCUT2D eigenvalue weighted by Gasteiger charge is -2.26. The van der Waals surface area contributed by atoms with Crippen LogP contribution in [0.15, 0.2) is 42.5 Å². The first-order valence-corrected chi connectivity index (χ1v) is 11.1. The van der Waals surface area contributed by atoms with Crippen molar-refractivity contribution in [2.24, 2.45) is 0 Å². The molecule has 0 radical (unpaired) electrons. The lowest BCUT2D eigenvalue weighted by molar-refractivity contribution is -0.131. The van der Waals surface area contributed by atoms with Gasteiger partial charge in [-0.25, -0.2) is 0 Å². The molecule has 2 heterocycles. The Balaban J connectivity index is 1.37. The number of carbonyl (C=O) groups is 1. The number of fused-ring (bicyclic) bond motifs is 1. The van der Waals surface area contributed by atoms with Crippen molar-refractivity contribution in [3.05, 3.63) is 59.2 Å². The van der Waals surface area contributed by atoms with Gasteiger partial charge in [-0.2, -0.15) is 0 Å². The van der Waals surface area contributed by atoms with Crippen LogP contribution in [-0.4, -0.2) is 49.1 Å². The van der Waals surface area contributed by atoms with Crippen molar-refractivity contribution in [3.63, 3.8) is 0 Å². The van der Waals surface area contributed by atoms with Gasteiger partial charge in [0.15, 0.2) is 0 Å². The molecule has 1 fully saturated rings. The summed E-state index contributed by atoms with van der Waals surface area (Å²) < 4.78 is 11.1. The van der Waals surface area contributed by atoms with Gasteiger partial charge in [-0.15, -0.1) is 0 Å². The molecule has 2 aromatic rings. The van der Waals surface area contributed by atoms with Crippen LogP contribution in [0.25, 0.3) is 0 Å². The zero-order chi connectivity index (χ0) is 20.8. The summed E-state index contributed by atoms with van der Waals surface area (Å²) in [5, 5.41) is 0. The molecule has 2 aliphatic heterocycles. The average molecular weight is 409 g/mol. The molecule has 0 bridgehead atoms. The first kappa shape index (κ1) is 20.7. The molecule has 5 heteroatoms. The SMILES string of the molecule is COc1ccc(CCC(=O)N2CCOc3ccc(CN4CCCCC4)cc3C2)cc1. The highest BCUT2D eigenvalue weighted by molar-refractivity contribution is 5.76. The van der Waals surface area contributed by atoms with Crippen LogP contribution >= 0.6 is 0 Å². The smallest absolute Gasteiger partial charge is 0.223 e. The lowest BCUT2D eigenvalue weighted by atomic mass is 10.1. The van der Waals surface area contributed by atoms with Gasteiger partial charge in [0.1, 0.15) is 18.1 Å². The second-order valence-corrected chi connectivity index (χ2v) is 8.29. The Hall–Kier alpha value is -2.53. The van der Waals surface area contributed by atoms with Crippen LogP contribution in [0.1, 0.15) is 42.4 Å². The van der Waals surface area contributed by atoms with Crippen molar-refractivity contribution in [1.82, 2.24) is 9.80 Å². The summed E-state index contributed by atoms with van der Waals surface area (Å²) in [4.78, 5) is 17.4. The number of amides is 1. The molecule has 0 N–H and O–H groups in total. The normalized spacial score (nSPS) is 17.0. The Labute approximate surface area is 179 Å². The van der Waals surface area contributed by atoms with Crippen LogP contribution in [0.4, 0.5) is 0 Å². The number of likely N-dealkylation sites (tertiary alicyclic amines) is 1. The van der Waals surface area contributed by atoms with Gasteiger partial charge in [0.25, 0.3) is 0 Å². The lowest BCUT2D eigenvalue weighted by Crippen LogP contribution is -2.32. The topological polar surface area (TPSA) is 42.0 Å². The van der Waals surface area contributed by atoms with E-state index in [0.29, 0.717) is 26.1 Å². The molecule has 1 amide bonds. The van der Waals surface area contributed by atoms with Crippen LogP contribution in [0, 0.1) is 0 Å². The molecule has 5 nitrogen and oxygen atoms in total. The fourth-order valence-electron chi connectivity index (χ4n) is 4.34. The molecule has 160 valence electrons. The number of benzene rings is 2. The van der Waals surface area contributed by atoms with E-state index in [9.17, 15) is 4.79 Å². The summed E-state index contributed by atoms with van der Waals surface area (Å²) in [6, 6.07) is 14.4. The van der Waals surface area contributed by atoms with Crippen LogP contribution in [0.2, 0.25) is 0 Å². The van der Waals surface area contributed by atoms with Gasteiger partial charge < -0.3 is 14.4 Å². The molecule has 2 aliphatic rings. The maximum Gasteiger partial charge on any atom is 0.223 e. The molecule has 0 spiro atoms. The van der Waals surface area contributed by atoms with Crippen molar-refractivity contribution in [3.8, 4) is 11.5 Å². The van der Waals surface area contributed by atoms with Gasteiger partial charge in [-0.3, -0.25) is 9.69 Å². The predicted molar refractivity (Wildman–Crippen MR) is 118 cm³/mol. The molecule has 0 unspecified atom stereocenters. The van der Waals surface area contributed by atoms with Crippen molar-refractivity contribution >= 4 is 5.91 Å². The summed E-state index contributed by atoms with van der Waals surface area (Å²) in [7, 11) is 1.66. The van der Waals surface area contributed by atoms with Gasteiger partial charge in [-0.1, -0.05) is 24.6 Å². The van der Waals surface area contributed by atoms with E-state index >= 15 is 0 Å². The average Bonchev–Trinajstić information content (AvgIpc) is 3.00. The Morgan fingerprint density at radius 1 is 1.00 bits per heavy atom. The number of ether oxygens (including phenoxy) is 2. The monoisotopic (exact) mass is 408 g/mol. The maximum absolute atomic E-state index is 12.9. The summed E-state index contributed by atoms with van der Waals surface area (Å²) in [5.74, 6) is 1.94. The van der Waals surface area contributed by atoms with E-state index in [1.165, 1.54) is 37.9 Å². The number of piperidine rings is 1. The number of aryl methyl sites for hydroxylation is 1. The molecule has 2 aromatic carbocycles. The minimum absolute atomic E-state index is 0.184. The summed E-state index contributed by atoms with van der Waals surface area (Å²) in [6.45, 7) is 5.17. The first-order valence-electron chi connectivity index (χ1n) is 11.1. The Kier molecular flexibility index (Phi) is 6.90. The molecule has 0 aliphatic carbocycles. The minimum atomic E-state index is 0.184. The van der Waals surface area contributed by atoms with Crippen molar-refractivity contribution in [2.45, 2.75) is 45.2 Å². The largest absolute Gasteiger partial charge is 0.497 e. The number of hydrogen-bond acceptors (Lipinski definition) is 4. The van der Waals surface area contributed by atoms with Crippen molar-refractivity contribution < 1.29 is 14.3 Å². The third kappa shape index (κ3) is 5.33. The van der Waals surface area contributed by atoms with Gasteiger partial charge in [0, 0.05) is 25.1 Å². The van der Waals surface area contributed by atoms with Crippen LogP contribution in [0.3, 0.4) is 0 Å². The molecule has 0 saturated carbocycles. The van der Waals surface area contributed by atoms with Gasteiger partial charge in [0.2, 0.25) is 5.91 Å². The third-order valence-electron chi connectivity index (χ3n) is 6.10. The minimum Gasteiger partial charge on any atom is -0.497 e. The number of carbonyl (C=O) groups excluding carboxylic acids is 1. The maximum atomic E-state index is 12.9. The fourth-order valence-corrected chi connectivity index (χ4v) is 4.34. The standard InChI is InChI=1S/C25H32N2O3/c1-29-23-9-5-20(6-10-23)8-12-25(28)27-15-16-30-24-11-7-21(17-22(24)19-27)18-26-13-3-2-4-14-26/h5-7,9-11,17H,2-4,8,12-16,18-19H2,1H3. The highest BCUT2D eigenvalue weighted by Gasteiger charge is 2.20. The Morgan fingerprint density at radius 2 is 1.77 bits per heavy atom. The molecular formula is C25H32N2O3. The molecule has 30 heavy (non-hydrogen) atoms. The number of nitrogens with zero attached hydrogens (tertiary/aromatic N) is 2. The van der Waals surface area contributed by atoms with E-state index in [1.54, 1.807) is 7.11 Å². The quantitative estimate of drug-likeness (QED) is 0.724. The molecule has 0 atom stereocenters. The zero-order valence-corrected chi connectivity index (χ0v) is 17.9. The van der Waals surface area contributed by atoms with Crippen LogP contribution < -0.4 is 9.47 Å². The Bertz CT molecular complexity index is 844. The number of hydrogen-bond donors (Lipinski definition) is 0. The van der Waals surface area contributed by atoms with E-state index in [0.717, 1.165) is 35.6 Å². The van der Waals surface area contributed by atoms with E-state index in [2.05, 4.69) is 23.1 Å². The molecular weight excluding hydrogens is 376 g/mol. The molecule has 0 aromatic heterocycles. The number of rotatable bonds is 6. The van der Waals surface area contributed by atoms with E-state index in [4.69, 9.17) is 9.47 Å². The summed E-state index contributed by atoms with van der Waals surface area (Å²) >= 11 is 0. The number of methoxy groups -OCH3 is 1. The Morgan fingerprint density at radius 3 is 2.53 bits per heavy atom. The van der Waals surface area contributed by atoms with Gasteiger partial charge >= 0.3 is 0 Å². The predicted octanol–water partition coefficient (Wildman–Crippen LogP) is 4.03. The second-order valence-electron chi connectivity index (χ2n) is 8.29. The third-order valence-corrected chi connectivity index (χ3v) is 6.10. The molecule has 4 rings (SSSR count). The van der Waals surface area contributed by atoms with Crippen molar-refractivity contribution in [1.29, 1.82) is 0 Å². The van der Waals surface area contributed by atoms with Crippen LogP contribution in [-0.2, 0) is 24.3 Å². The van der Waals surface area contributed by atoms with Crippen LogP contribution in [0.5, 0.6) is 11.5 Å². The second kappa shape index (κ2) is 9.98. The summed E-state index contributed by atoms with van der Waals surface area (Å²) in [6.07, 6.45) is 5.19. The van der Waals surface area contributed by atoms with Gasteiger partial charge in [0.05, 0.1) is 13.7 Å². The summed E-state index contributed by atoms with van der Waals surface area (Å²) in [5.41, 5.74) is 3.59. The highest BCUT2D eigenvalue weighted by atomic mass is 16.5. The highest BCUT2D eigenvalue weighted by Crippen LogP contribution is 2.26. The van der Waals surface area contributed by atoms with Gasteiger partial charge in [-0.05, 0) is 67.7 Å². The van der Waals surface area contributed by atoms with Crippen molar-refractivity contribution in [2.75, 3.05) is 33.4 Å².